The Balaban J connectivity index is 0.000000272. The van der Waals surface area contributed by atoms with Crippen molar-refractivity contribution in [1.82, 2.24) is 4.98 Å². The van der Waals surface area contributed by atoms with E-state index >= 15 is 0 Å². The van der Waals surface area contributed by atoms with Crippen LogP contribution >= 0.6 is 0 Å². The van der Waals surface area contributed by atoms with Crippen molar-refractivity contribution >= 4 is 22.5 Å². The van der Waals surface area contributed by atoms with Crippen molar-refractivity contribution in [3.63, 3.8) is 0 Å². The smallest absolute Gasteiger partial charge is 0.248 e. The van der Waals surface area contributed by atoms with Gasteiger partial charge in [-0.2, -0.15) is 0 Å². The van der Waals surface area contributed by atoms with E-state index in [0.29, 0.717) is 22.7 Å². The molecule has 1 saturated carbocycles. The molecule has 0 bridgehead atoms. The zero-order valence-corrected chi connectivity index (χ0v) is 27.6. The summed E-state index contributed by atoms with van der Waals surface area (Å²) in [7, 11) is 0. The molecule has 3 aromatic rings. The van der Waals surface area contributed by atoms with Gasteiger partial charge >= 0.3 is 0 Å². The van der Waals surface area contributed by atoms with Gasteiger partial charge in [0.15, 0.2) is 5.43 Å². The molecular weight excluding hydrogens is 541 g/mol. The molecule has 0 unspecified atom stereocenters. The fourth-order valence-electron chi connectivity index (χ4n) is 6.53. The first-order valence-corrected chi connectivity index (χ1v) is 15.6. The fourth-order valence-corrected chi connectivity index (χ4v) is 6.53. The van der Waals surface area contributed by atoms with Crippen molar-refractivity contribution in [2.45, 2.75) is 87.7 Å². The number of H-pyrrole nitrogens is 1. The van der Waals surface area contributed by atoms with E-state index in [9.17, 15) is 14.0 Å². The number of nitrogens with one attached hydrogen (secondary N) is 1. The summed E-state index contributed by atoms with van der Waals surface area (Å²) >= 11 is 0. The normalized spacial score (nSPS) is 17.1. The largest absolute Gasteiger partial charge is 0.488 e. The quantitative estimate of drug-likeness (QED) is 0.291. The molecule has 1 amide bonds. The van der Waals surface area contributed by atoms with Crippen LogP contribution in [0.25, 0.3) is 10.9 Å². The average Bonchev–Trinajstić information content (AvgIpc) is 2.99. The number of pyridine rings is 1. The Morgan fingerprint density at radius 3 is 2.16 bits per heavy atom. The predicted octanol–water partition coefficient (Wildman–Crippen LogP) is 8.42. The van der Waals surface area contributed by atoms with Crippen LogP contribution in [0.5, 0.6) is 5.75 Å². The lowest BCUT2D eigenvalue weighted by Crippen LogP contribution is -2.58. The fraction of sp³-hybridized carbons (Fsp3) is 0.500. The number of carbonyl (C=O) groups is 1. The summed E-state index contributed by atoms with van der Waals surface area (Å²) in [5, 5.41) is 0.663. The maximum absolute atomic E-state index is 13.9. The molecule has 0 atom stereocenters. The first-order valence-electron chi connectivity index (χ1n) is 15.6. The number of nitrogens with two attached hydrogens (primary N) is 1. The molecule has 1 aromatic heterocycles. The number of hydrogen-bond donors (Lipinski definition) is 2. The summed E-state index contributed by atoms with van der Waals surface area (Å²) in [4.78, 5) is 28.4. The van der Waals surface area contributed by atoms with Crippen LogP contribution in [0, 0.1) is 29.5 Å². The van der Waals surface area contributed by atoms with Gasteiger partial charge in [0, 0.05) is 41.7 Å². The first kappa shape index (κ1) is 35.6. The number of rotatable bonds is 5. The van der Waals surface area contributed by atoms with Gasteiger partial charge in [-0.25, -0.2) is 4.39 Å². The van der Waals surface area contributed by atoms with Gasteiger partial charge in [-0.15, -0.1) is 6.58 Å². The van der Waals surface area contributed by atoms with Crippen molar-refractivity contribution in [2.75, 3.05) is 18.0 Å². The van der Waals surface area contributed by atoms with E-state index in [4.69, 9.17) is 10.5 Å². The molecule has 7 heteroatoms. The lowest BCUT2D eigenvalue weighted by Gasteiger charge is -2.56. The van der Waals surface area contributed by atoms with Crippen LogP contribution in [0.1, 0.15) is 90.6 Å². The molecule has 5 rings (SSSR count). The Hall–Kier alpha value is -3.61. The number of ether oxygens (including phenoxy) is 1. The molecule has 1 aliphatic carbocycles. The summed E-state index contributed by atoms with van der Waals surface area (Å²) in [6, 6.07) is 9.90. The third-order valence-corrected chi connectivity index (χ3v) is 8.11. The van der Waals surface area contributed by atoms with Gasteiger partial charge in [-0.1, -0.05) is 67.5 Å². The second-order valence-electron chi connectivity index (χ2n) is 12.2. The summed E-state index contributed by atoms with van der Waals surface area (Å²) in [5.41, 5.74) is 8.09. The highest BCUT2D eigenvalue weighted by Crippen LogP contribution is 2.55. The van der Waals surface area contributed by atoms with E-state index in [0.717, 1.165) is 43.4 Å². The molecular formula is C36H52FN3O3. The van der Waals surface area contributed by atoms with E-state index in [1.165, 1.54) is 6.07 Å². The van der Waals surface area contributed by atoms with Gasteiger partial charge < -0.3 is 20.4 Å². The number of fused-ring (bicyclic) bond motifs is 1. The molecule has 1 aliphatic heterocycles. The van der Waals surface area contributed by atoms with Crippen LogP contribution in [0.2, 0.25) is 0 Å². The molecule has 2 aliphatic rings. The summed E-state index contributed by atoms with van der Waals surface area (Å²) in [6.07, 6.45) is 6.88. The SMILES string of the molecule is C=CC1CCN(c2ccc(C(N)=O)cc2F)CC1.CC.CC.Cc1ccc(OC2C(C)(C)CC2(C)C)c2c(=O)cc[nH]c12. The number of anilines is 1. The topological polar surface area (TPSA) is 88.4 Å². The number of amides is 1. The van der Waals surface area contributed by atoms with E-state index < -0.39 is 5.91 Å². The lowest BCUT2D eigenvalue weighted by atomic mass is 9.53. The highest BCUT2D eigenvalue weighted by Gasteiger charge is 2.55. The number of allylic oxidation sites excluding steroid dienone is 1. The van der Waals surface area contributed by atoms with Gasteiger partial charge in [-0.3, -0.25) is 9.59 Å². The highest BCUT2D eigenvalue weighted by molar-refractivity contribution is 5.93. The number of benzene rings is 2. The Labute approximate surface area is 257 Å². The van der Waals surface area contributed by atoms with E-state index in [1.54, 1.807) is 24.4 Å². The van der Waals surface area contributed by atoms with Gasteiger partial charge in [0.05, 0.1) is 16.6 Å². The van der Waals surface area contributed by atoms with E-state index in [-0.39, 0.29) is 33.7 Å². The molecule has 0 spiro atoms. The van der Waals surface area contributed by atoms with Crippen molar-refractivity contribution in [3.8, 4) is 5.75 Å². The van der Waals surface area contributed by atoms with Gasteiger partial charge in [-0.05, 0) is 61.9 Å². The third-order valence-electron chi connectivity index (χ3n) is 8.11. The number of halogens is 1. The molecule has 6 nitrogen and oxygen atoms in total. The number of carbonyl (C=O) groups excluding carboxylic acids is 1. The molecule has 236 valence electrons. The molecule has 0 radical (unpaired) electrons. The van der Waals surface area contributed by atoms with E-state index in [2.05, 4.69) is 39.3 Å². The van der Waals surface area contributed by atoms with Crippen LogP contribution in [0.4, 0.5) is 10.1 Å². The van der Waals surface area contributed by atoms with Crippen molar-refractivity contribution in [1.29, 1.82) is 0 Å². The predicted molar refractivity (Wildman–Crippen MR) is 179 cm³/mol. The standard InChI is InChI=1S/C18H23NO2.C14H17FN2O.2C2H6/c1-11-6-7-13(14-12(20)8-9-19-15(11)14)21-16-17(2,3)10-18(16,4)5;1-2-10-5-7-17(8-6-10)13-4-3-11(14(16)18)9-12(13)15;2*1-2/h6-9,16H,10H2,1-5H3,(H,19,20);2-4,9-10H,1,5-8H2,(H2,16,18);2*1-2H3. The van der Waals surface area contributed by atoms with Crippen LogP contribution in [-0.4, -0.2) is 30.1 Å². The molecule has 43 heavy (non-hydrogen) atoms. The molecule has 2 heterocycles. The molecule has 3 N–H and O–H groups in total. The Kier molecular flexibility index (Phi) is 12.6. The summed E-state index contributed by atoms with van der Waals surface area (Å²) in [5.74, 6) is 0.228. The Morgan fingerprint density at radius 1 is 1.05 bits per heavy atom. The summed E-state index contributed by atoms with van der Waals surface area (Å²) in [6.45, 7) is 24.3. The second kappa shape index (κ2) is 15.2. The number of piperidine rings is 1. The van der Waals surface area contributed by atoms with Crippen molar-refractivity contribution in [3.05, 3.63) is 82.4 Å². The Morgan fingerprint density at radius 2 is 1.65 bits per heavy atom. The molecule has 2 aromatic carbocycles. The van der Waals surface area contributed by atoms with Crippen LogP contribution < -0.4 is 20.8 Å². The number of aromatic amines is 1. The number of hydrogen-bond acceptors (Lipinski definition) is 4. The van der Waals surface area contributed by atoms with Crippen LogP contribution in [0.15, 0.2) is 60.0 Å². The number of aryl methyl sites for hydroxylation is 1. The minimum absolute atomic E-state index is 0.0115. The zero-order valence-electron chi connectivity index (χ0n) is 27.6. The van der Waals surface area contributed by atoms with Crippen molar-refractivity contribution in [2.24, 2.45) is 22.5 Å². The number of aromatic nitrogens is 1. The molecule has 2 fully saturated rings. The monoisotopic (exact) mass is 593 g/mol. The minimum Gasteiger partial charge on any atom is -0.488 e. The molecule has 1 saturated heterocycles. The zero-order chi connectivity index (χ0) is 32.5. The van der Waals surface area contributed by atoms with Gasteiger partial charge in [0.25, 0.3) is 0 Å². The first-order chi connectivity index (χ1) is 20.3. The van der Waals surface area contributed by atoms with Crippen LogP contribution in [-0.2, 0) is 0 Å². The summed E-state index contributed by atoms with van der Waals surface area (Å²) < 4.78 is 20.2. The second-order valence-corrected chi connectivity index (χ2v) is 12.2. The number of primary amides is 1. The maximum Gasteiger partial charge on any atom is 0.248 e. The number of nitrogens with zero attached hydrogens (tertiary/aromatic N) is 1. The van der Waals surface area contributed by atoms with Crippen molar-refractivity contribution < 1.29 is 13.9 Å². The third kappa shape index (κ3) is 8.27. The lowest BCUT2D eigenvalue weighted by molar-refractivity contribution is -0.133. The minimum atomic E-state index is -0.606. The van der Waals surface area contributed by atoms with Gasteiger partial charge in [0.2, 0.25) is 5.91 Å². The maximum atomic E-state index is 13.9. The van der Waals surface area contributed by atoms with E-state index in [1.807, 2.05) is 57.7 Å². The Bertz CT molecular complexity index is 1420. The average molecular weight is 594 g/mol. The highest BCUT2D eigenvalue weighted by atomic mass is 19.1. The van der Waals surface area contributed by atoms with Crippen LogP contribution in [0.3, 0.4) is 0 Å². The van der Waals surface area contributed by atoms with Gasteiger partial charge in [0.1, 0.15) is 17.7 Å².